The van der Waals surface area contributed by atoms with Gasteiger partial charge < -0.3 is 15.0 Å². The molecule has 0 saturated carbocycles. The summed E-state index contributed by atoms with van der Waals surface area (Å²) in [5, 5.41) is 2.96. The van der Waals surface area contributed by atoms with Gasteiger partial charge in [-0.2, -0.15) is 4.31 Å². The summed E-state index contributed by atoms with van der Waals surface area (Å²) in [5.74, 6) is -0.296. The van der Waals surface area contributed by atoms with Crippen LogP contribution in [0.25, 0.3) is 0 Å². The molecule has 2 fully saturated rings. The van der Waals surface area contributed by atoms with Crippen LogP contribution in [-0.4, -0.2) is 68.5 Å². The van der Waals surface area contributed by atoms with E-state index in [0.717, 1.165) is 19.3 Å². The molecule has 1 N–H and O–H groups in total. The maximum absolute atomic E-state index is 12.9. The number of nitrogens with zero attached hydrogens (tertiary/aromatic N) is 2. The van der Waals surface area contributed by atoms with E-state index in [1.54, 1.807) is 30.0 Å². The molecule has 29 heavy (non-hydrogen) atoms. The molecule has 0 radical (unpaired) electrons. The Balaban J connectivity index is 1.61. The monoisotopic (exact) mass is 423 g/mol. The minimum absolute atomic E-state index is 0.0597. The van der Waals surface area contributed by atoms with Crippen LogP contribution in [0.1, 0.15) is 49.4 Å². The quantitative estimate of drug-likeness (QED) is 0.783. The van der Waals surface area contributed by atoms with Crippen molar-refractivity contribution in [1.29, 1.82) is 0 Å². The standard InChI is InChI=1S/C20H29N3O5S/c1-2-28-20(25)22-13-9-17(10-14-22)21-19(24)16-7-6-8-18(15-16)29(26,27)23-11-4-3-5-12-23/h6-8,15,17H,2-5,9-14H2,1H3,(H,21,24). The summed E-state index contributed by atoms with van der Waals surface area (Å²) in [4.78, 5) is 26.2. The SMILES string of the molecule is CCOC(=O)N1CCC(NC(=O)c2cccc(S(=O)(=O)N3CCCCC3)c2)CC1. The van der Waals surface area contributed by atoms with Gasteiger partial charge in [-0.25, -0.2) is 13.2 Å². The van der Waals surface area contributed by atoms with Crippen LogP contribution in [0.2, 0.25) is 0 Å². The van der Waals surface area contributed by atoms with Crippen LogP contribution >= 0.6 is 0 Å². The van der Waals surface area contributed by atoms with Crippen LogP contribution in [0.4, 0.5) is 4.79 Å². The van der Waals surface area contributed by atoms with E-state index in [0.29, 0.717) is 51.2 Å². The van der Waals surface area contributed by atoms with Crippen molar-refractivity contribution >= 4 is 22.0 Å². The van der Waals surface area contributed by atoms with E-state index >= 15 is 0 Å². The largest absolute Gasteiger partial charge is 0.450 e. The lowest BCUT2D eigenvalue weighted by atomic mass is 10.0. The van der Waals surface area contributed by atoms with Gasteiger partial charge in [0.25, 0.3) is 5.91 Å². The van der Waals surface area contributed by atoms with Gasteiger partial charge in [0.2, 0.25) is 10.0 Å². The Labute approximate surface area is 172 Å². The Kier molecular flexibility index (Phi) is 7.13. The predicted molar refractivity (Wildman–Crippen MR) is 108 cm³/mol. The molecule has 8 nitrogen and oxygen atoms in total. The van der Waals surface area contributed by atoms with Gasteiger partial charge in [-0.15, -0.1) is 0 Å². The molecule has 2 amide bonds. The topological polar surface area (TPSA) is 96.0 Å². The Morgan fingerprint density at radius 3 is 2.45 bits per heavy atom. The molecule has 0 spiro atoms. The van der Waals surface area contributed by atoms with E-state index in [1.165, 1.54) is 10.4 Å². The van der Waals surface area contributed by atoms with Crippen molar-refractivity contribution < 1.29 is 22.7 Å². The lowest BCUT2D eigenvalue weighted by Gasteiger charge is -2.31. The number of hydrogen-bond donors (Lipinski definition) is 1. The maximum Gasteiger partial charge on any atom is 0.409 e. The zero-order valence-corrected chi connectivity index (χ0v) is 17.6. The molecule has 2 aliphatic heterocycles. The number of likely N-dealkylation sites (tertiary alicyclic amines) is 1. The van der Waals surface area contributed by atoms with Gasteiger partial charge in [0.1, 0.15) is 0 Å². The van der Waals surface area contributed by atoms with E-state index in [4.69, 9.17) is 4.74 Å². The third-order valence-electron chi connectivity index (χ3n) is 5.41. The lowest BCUT2D eigenvalue weighted by Crippen LogP contribution is -2.46. The Morgan fingerprint density at radius 1 is 1.10 bits per heavy atom. The highest BCUT2D eigenvalue weighted by Gasteiger charge is 2.28. The molecule has 2 heterocycles. The van der Waals surface area contributed by atoms with Gasteiger partial charge in [-0.3, -0.25) is 4.79 Å². The van der Waals surface area contributed by atoms with Crippen molar-refractivity contribution in [2.24, 2.45) is 0 Å². The van der Waals surface area contributed by atoms with Crippen LogP contribution in [0, 0.1) is 0 Å². The predicted octanol–water partition coefficient (Wildman–Crippen LogP) is 2.21. The van der Waals surface area contributed by atoms with Crippen LogP contribution in [0.15, 0.2) is 29.2 Å². The molecule has 160 valence electrons. The third kappa shape index (κ3) is 5.27. The number of sulfonamides is 1. The summed E-state index contributed by atoms with van der Waals surface area (Å²) in [6, 6.07) is 6.16. The van der Waals surface area contributed by atoms with Crippen LogP contribution in [0.3, 0.4) is 0 Å². The van der Waals surface area contributed by atoms with Gasteiger partial charge >= 0.3 is 6.09 Å². The molecule has 2 saturated heterocycles. The highest BCUT2D eigenvalue weighted by molar-refractivity contribution is 7.89. The number of benzene rings is 1. The highest BCUT2D eigenvalue weighted by atomic mass is 32.2. The van der Waals surface area contributed by atoms with E-state index in [-0.39, 0.29) is 22.9 Å². The first-order chi connectivity index (χ1) is 13.9. The van der Waals surface area contributed by atoms with Gasteiger partial charge in [0.15, 0.2) is 0 Å². The van der Waals surface area contributed by atoms with Crippen LogP contribution < -0.4 is 5.32 Å². The minimum atomic E-state index is -3.58. The first-order valence-corrected chi connectivity index (χ1v) is 11.7. The fraction of sp³-hybridized carbons (Fsp3) is 0.600. The Bertz CT molecular complexity index is 828. The second kappa shape index (κ2) is 9.58. The molecular weight excluding hydrogens is 394 g/mol. The van der Waals surface area contributed by atoms with E-state index in [9.17, 15) is 18.0 Å². The second-order valence-corrected chi connectivity index (χ2v) is 9.36. The first-order valence-electron chi connectivity index (χ1n) is 10.2. The molecule has 9 heteroatoms. The first kappa shape index (κ1) is 21.6. The van der Waals surface area contributed by atoms with Gasteiger partial charge in [0.05, 0.1) is 11.5 Å². The highest BCUT2D eigenvalue weighted by Crippen LogP contribution is 2.21. The zero-order valence-electron chi connectivity index (χ0n) is 16.8. The number of ether oxygens (including phenoxy) is 1. The average Bonchev–Trinajstić information content (AvgIpc) is 2.75. The molecule has 1 aromatic rings. The van der Waals surface area contributed by atoms with Crippen molar-refractivity contribution in [3.63, 3.8) is 0 Å². The van der Waals surface area contributed by atoms with Crippen molar-refractivity contribution in [2.75, 3.05) is 32.8 Å². The number of rotatable bonds is 5. The van der Waals surface area contributed by atoms with Crippen molar-refractivity contribution in [1.82, 2.24) is 14.5 Å². The third-order valence-corrected chi connectivity index (χ3v) is 7.30. The number of hydrogen-bond acceptors (Lipinski definition) is 5. The Morgan fingerprint density at radius 2 is 1.79 bits per heavy atom. The number of carbonyl (C=O) groups is 2. The Hall–Kier alpha value is -2.13. The molecule has 0 aliphatic carbocycles. The zero-order chi connectivity index (χ0) is 20.9. The summed E-state index contributed by atoms with van der Waals surface area (Å²) in [6.07, 6.45) is 3.72. The number of nitrogens with one attached hydrogen (secondary N) is 1. The minimum Gasteiger partial charge on any atom is -0.450 e. The van der Waals surface area contributed by atoms with Gasteiger partial charge in [-0.1, -0.05) is 12.5 Å². The van der Waals surface area contributed by atoms with E-state index in [1.807, 2.05) is 0 Å². The summed E-state index contributed by atoms with van der Waals surface area (Å²) < 4.78 is 32.2. The molecule has 2 aliphatic rings. The second-order valence-electron chi connectivity index (χ2n) is 7.43. The van der Waals surface area contributed by atoms with Crippen molar-refractivity contribution in [3.8, 4) is 0 Å². The summed E-state index contributed by atoms with van der Waals surface area (Å²) in [6.45, 7) is 4.20. The van der Waals surface area contributed by atoms with E-state index in [2.05, 4.69) is 5.32 Å². The molecule has 0 aromatic heterocycles. The van der Waals surface area contributed by atoms with Crippen LogP contribution in [-0.2, 0) is 14.8 Å². The summed E-state index contributed by atoms with van der Waals surface area (Å²) in [5.41, 5.74) is 0.330. The van der Waals surface area contributed by atoms with E-state index < -0.39 is 10.0 Å². The van der Waals surface area contributed by atoms with Crippen LogP contribution in [0.5, 0.6) is 0 Å². The molecular formula is C20H29N3O5S. The fourth-order valence-corrected chi connectivity index (χ4v) is 5.31. The average molecular weight is 424 g/mol. The van der Waals surface area contributed by atoms with Crippen molar-refractivity contribution in [2.45, 2.75) is 50.0 Å². The number of carbonyl (C=O) groups excluding carboxylic acids is 2. The van der Waals surface area contributed by atoms with Gasteiger partial charge in [0, 0.05) is 37.8 Å². The molecule has 3 rings (SSSR count). The molecule has 1 aromatic carbocycles. The normalized spacial score (nSPS) is 19.0. The number of amides is 2. The molecule has 0 unspecified atom stereocenters. The maximum atomic E-state index is 12.9. The van der Waals surface area contributed by atoms with Gasteiger partial charge in [-0.05, 0) is 50.8 Å². The fourth-order valence-electron chi connectivity index (χ4n) is 3.74. The van der Waals surface area contributed by atoms with Crippen molar-refractivity contribution in [3.05, 3.63) is 29.8 Å². The molecule has 0 bridgehead atoms. The molecule has 0 atom stereocenters. The summed E-state index contributed by atoms with van der Waals surface area (Å²) >= 11 is 0. The smallest absolute Gasteiger partial charge is 0.409 e. The lowest BCUT2D eigenvalue weighted by molar-refractivity contribution is 0.0860. The number of piperidine rings is 2. The summed E-state index contributed by atoms with van der Waals surface area (Å²) in [7, 11) is -3.58.